The number of rotatable bonds is 4. The summed E-state index contributed by atoms with van der Waals surface area (Å²) >= 11 is 0. The minimum atomic E-state index is -3.47. The Hall–Kier alpha value is -1.67. The number of nitro benzene ring substituents is 1. The Morgan fingerprint density at radius 1 is 1.32 bits per heavy atom. The van der Waals surface area contributed by atoms with Crippen LogP contribution in [0.5, 0.6) is 0 Å². The van der Waals surface area contributed by atoms with E-state index in [0.717, 1.165) is 6.07 Å². The summed E-state index contributed by atoms with van der Waals surface area (Å²) in [6, 6.07) is 4.11. The highest BCUT2D eigenvalue weighted by molar-refractivity contribution is 7.91. The van der Waals surface area contributed by atoms with E-state index in [-0.39, 0.29) is 28.5 Å². The summed E-state index contributed by atoms with van der Waals surface area (Å²) in [5.74, 6) is -0.0882. The second-order valence-corrected chi connectivity index (χ2v) is 7.75. The van der Waals surface area contributed by atoms with Crippen molar-refractivity contribution >= 4 is 21.2 Å². The third-order valence-corrected chi connectivity index (χ3v) is 5.38. The third kappa shape index (κ3) is 3.38. The first-order chi connectivity index (χ1) is 10.2. The maximum Gasteiger partial charge on any atom is 0.293 e. The SMILES string of the molecule is CCS(=O)(=O)c1ccc(N2CC(C)OC(C)C2)c([N+](=O)[O-])c1. The molecule has 0 spiro atoms. The van der Waals surface area contributed by atoms with Gasteiger partial charge < -0.3 is 9.64 Å². The van der Waals surface area contributed by atoms with Crippen LogP contribution in [0, 0.1) is 10.1 Å². The summed E-state index contributed by atoms with van der Waals surface area (Å²) in [7, 11) is -3.47. The van der Waals surface area contributed by atoms with E-state index in [1.807, 2.05) is 18.7 Å². The Morgan fingerprint density at radius 3 is 2.41 bits per heavy atom. The highest BCUT2D eigenvalue weighted by Gasteiger charge is 2.28. The van der Waals surface area contributed by atoms with E-state index in [1.54, 1.807) is 0 Å². The Morgan fingerprint density at radius 2 is 1.91 bits per heavy atom. The van der Waals surface area contributed by atoms with Crippen molar-refractivity contribution < 1.29 is 18.1 Å². The van der Waals surface area contributed by atoms with E-state index >= 15 is 0 Å². The largest absolute Gasteiger partial charge is 0.372 e. The van der Waals surface area contributed by atoms with Crippen molar-refractivity contribution in [3.05, 3.63) is 28.3 Å². The van der Waals surface area contributed by atoms with Gasteiger partial charge in [0.05, 0.1) is 27.8 Å². The molecule has 1 saturated heterocycles. The molecule has 0 bridgehead atoms. The van der Waals surface area contributed by atoms with Crippen molar-refractivity contribution in [1.82, 2.24) is 0 Å². The zero-order valence-electron chi connectivity index (χ0n) is 12.9. The lowest BCUT2D eigenvalue weighted by atomic mass is 10.2. The zero-order valence-corrected chi connectivity index (χ0v) is 13.7. The molecule has 1 fully saturated rings. The average Bonchev–Trinajstić information content (AvgIpc) is 2.45. The number of ether oxygens (including phenoxy) is 1. The van der Waals surface area contributed by atoms with Crippen LogP contribution in [0.1, 0.15) is 20.8 Å². The molecule has 2 rings (SSSR count). The van der Waals surface area contributed by atoms with Crippen LogP contribution in [-0.4, -0.2) is 44.4 Å². The topological polar surface area (TPSA) is 89.8 Å². The molecular formula is C14H20N2O5S. The highest BCUT2D eigenvalue weighted by atomic mass is 32.2. The number of anilines is 1. The normalized spacial score (nSPS) is 22.6. The van der Waals surface area contributed by atoms with Crippen molar-refractivity contribution in [3.8, 4) is 0 Å². The first-order valence-electron chi connectivity index (χ1n) is 7.16. The molecule has 0 aliphatic carbocycles. The zero-order chi connectivity index (χ0) is 16.5. The van der Waals surface area contributed by atoms with E-state index in [9.17, 15) is 18.5 Å². The summed E-state index contributed by atoms with van der Waals surface area (Å²) < 4.78 is 29.4. The summed E-state index contributed by atoms with van der Waals surface area (Å²) in [6.07, 6.45) is -0.0789. The first-order valence-corrected chi connectivity index (χ1v) is 8.81. The van der Waals surface area contributed by atoms with Gasteiger partial charge in [0, 0.05) is 19.2 Å². The molecule has 0 radical (unpaired) electrons. The minimum Gasteiger partial charge on any atom is -0.372 e. The van der Waals surface area contributed by atoms with E-state index in [1.165, 1.54) is 19.1 Å². The molecule has 1 aliphatic rings. The van der Waals surface area contributed by atoms with E-state index in [0.29, 0.717) is 18.8 Å². The van der Waals surface area contributed by atoms with Gasteiger partial charge >= 0.3 is 0 Å². The van der Waals surface area contributed by atoms with Crippen LogP contribution < -0.4 is 4.90 Å². The van der Waals surface area contributed by atoms with E-state index in [4.69, 9.17) is 4.74 Å². The summed E-state index contributed by atoms with van der Waals surface area (Å²) in [5.41, 5.74) is 0.248. The van der Waals surface area contributed by atoms with Crippen LogP contribution in [0.3, 0.4) is 0 Å². The van der Waals surface area contributed by atoms with Crippen molar-refractivity contribution in [2.75, 3.05) is 23.7 Å². The number of hydrogen-bond acceptors (Lipinski definition) is 6. The molecule has 0 saturated carbocycles. The van der Waals surface area contributed by atoms with Gasteiger partial charge in [-0.3, -0.25) is 10.1 Å². The molecule has 7 nitrogen and oxygen atoms in total. The van der Waals surface area contributed by atoms with Gasteiger partial charge in [-0.1, -0.05) is 6.92 Å². The van der Waals surface area contributed by atoms with E-state index in [2.05, 4.69) is 0 Å². The number of nitrogens with zero attached hydrogens (tertiary/aromatic N) is 2. The summed E-state index contributed by atoms with van der Waals surface area (Å²) in [6.45, 7) is 6.39. The van der Waals surface area contributed by atoms with Gasteiger partial charge in [0.1, 0.15) is 5.69 Å². The molecule has 0 amide bonds. The van der Waals surface area contributed by atoms with Crippen molar-refractivity contribution in [3.63, 3.8) is 0 Å². The fourth-order valence-corrected chi connectivity index (χ4v) is 3.55. The third-order valence-electron chi connectivity index (χ3n) is 3.64. The number of sulfone groups is 1. The Kier molecular flexibility index (Phi) is 4.72. The molecule has 1 aliphatic heterocycles. The number of benzene rings is 1. The van der Waals surface area contributed by atoms with Crippen LogP contribution in [0.4, 0.5) is 11.4 Å². The van der Waals surface area contributed by atoms with Gasteiger partial charge in [0.15, 0.2) is 9.84 Å². The predicted octanol–water partition coefficient (Wildman–Crippen LogP) is 2.00. The number of hydrogen-bond donors (Lipinski definition) is 0. The molecule has 2 atom stereocenters. The molecule has 1 aromatic rings. The van der Waals surface area contributed by atoms with Crippen LogP contribution in [-0.2, 0) is 14.6 Å². The second kappa shape index (κ2) is 6.21. The molecule has 2 unspecified atom stereocenters. The Labute approximate surface area is 129 Å². The van der Waals surface area contributed by atoms with Gasteiger partial charge in [-0.25, -0.2) is 8.42 Å². The van der Waals surface area contributed by atoms with Gasteiger partial charge in [-0.2, -0.15) is 0 Å². The maximum atomic E-state index is 11.9. The molecular weight excluding hydrogens is 308 g/mol. The van der Waals surface area contributed by atoms with Gasteiger partial charge in [-0.15, -0.1) is 0 Å². The van der Waals surface area contributed by atoms with E-state index < -0.39 is 14.8 Å². The molecule has 0 N–H and O–H groups in total. The molecule has 22 heavy (non-hydrogen) atoms. The second-order valence-electron chi connectivity index (χ2n) is 5.47. The number of nitro groups is 1. The maximum absolute atomic E-state index is 11.9. The molecule has 8 heteroatoms. The lowest BCUT2D eigenvalue weighted by Gasteiger charge is -2.36. The lowest BCUT2D eigenvalue weighted by molar-refractivity contribution is -0.384. The standard InChI is InChI=1S/C14H20N2O5S/c1-4-22(19,20)12-5-6-13(14(7-12)16(17)18)15-8-10(2)21-11(3)9-15/h5-7,10-11H,4,8-9H2,1-3H3. The van der Waals surface area contributed by atoms with Gasteiger partial charge in [0.2, 0.25) is 0 Å². The summed E-state index contributed by atoms with van der Waals surface area (Å²) in [4.78, 5) is 12.7. The Balaban J connectivity index is 2.46. The van der Waals surface area contributed by atoms with Crippen molar-refractivity contribution in [2.45, 2.75) is 37.9 Å². The smallest absolute Gasteiger partial charge is 0.293 e. The molecule has 1 heterocycles. The Bertz CT molecular complexity index is 664. The van der Waals surface area contributed by atoms with Crippen LogP contribution in [0.2, 0.25) is 0 Å². The molecule has 122 valence electrons. The predicted molar refractivity (Wildman–Crippen MR) is 83.0 cm³/mol. The highest BCUT2D eigenvalue weighted by Crippen LogP contribution is 2.32. The fraction of sp³-hybridized carbons (Fsp3) is 0.571. The number of morpholine rings is 1. The van der Waals surface area contributed by atoms with Crippen LogP contribution in [0.25, 0.3) is 0 Å². The van der Waals surface area contributed by atoms with Gasteiger partial charge in [0.25, 0.3) is 5.69 Å². The summed E-state index contributed by atoms with van der Waals surface area (Å²) in [5, 5.41) is 11.3. The monoisotopic (exact) mass is 328 g/mol. The quantitative estimate of drug-likeness (QED) is 0.620. The first kappa shape index (κ1) is 16.7. The lowest BCUT2D eigenvalue weighted by Crippen LogP contribution is -2.45. The minimum absolute atomic E-state index is 0.0141. The molecule has 0 aromatic heterocycles. The molecule has 1 aromatic carbocycles. The van der Waals surface area contributed by atoms with Gasteiger partial charge in [-0.05, 0) is 26.0 Å². The van der Waals surface area contributed by atoms with Crippen LogP contribution >= 0.6 is 0 Å². The van der Waals surface area contributed by atoms with Crippen molar-refractivity contribution in [2.24, 2.45) is 0 Å². The average molecular weight is 328 g/mol. The fourth-order valence-electron chi connectivity index (χ4n) is 2.65. The van der Waals surface area contributed by atoms with Crippen LogP contribution in [0.15, 0.2) is 23.1 Å². The van der Waals surface area contributed by atoms with Crippen molar-refractivity contribution in [1.29, 1.82) is 0 Å².